The van der Waals surface area contributed by atoms with Gasteiger partial charge in [-0.25, -0.2) is 18.1 Å². The van der Waals surface area contributed by atoms with Gasteiger partial charge in [0.15, 0.2) is 0 Å². The number of nitrogens with zero attached hydrogens (tertiary/aromatic N) is 2. The van der Waals surface area contributed by atoms with Crippen LogP contribution in [-0.4, -0.2) is 24.1 Å². The Labute approximate surface area is 179 Å². The van der Waals surface area contributed by atoms with Crippen LogP contribution in [0.15, 0.2) is 47.4 Å². The topological polar surface area (TPSA) is 73.2 Å². The maximum atomic E-state index is 13.1. The third kappa shape index (κ3) is 5.01. The number of alkyl halides is 3. The van der Waals surface area contributed by atoms with E-state index in [9.17, 15) is 21.6 Å². The molecule has 1 aromatic heterocycles. The van der Waals surface area contributed by atoms with Gasteiger partial charge in [0.1, 0.15) is 11.6 Å². The van der Waals surface area contributed by atoms with Crippen LogP contribution in [0.2, 0.25) is 0 Å². The molecule has 31 heavy (non-hydrogen) atoms. The predicted molar refractivity (Wildman–Crippen MR) is 111 cm³/mol. The summed E-state index contributed by atoms with van der Waals surface area (Å²) in [6.45, 7) is 7.43. The smallest absolute Gasteiger partial charge is 0.416 e. The molecule has 3 rings (SSSR count). The van der Waals surface area contributed by atoms with Gasteiger partial charge in [0, 0.05) is 6.54 Å². The SMILES string of the molecule is CCn1c([C@@H](C)NS(=O)(=O)c2ccc(OC(C)C)cc2)nc2ccc(C(F)(F)F)cc21. The highest BCUT2D eigenvalue weighted by Crippen LogP contribution is 2.32. The maximum absolute atomic E-state index is 13.1. The molecule has 0 bridgehead atoms. The van der Waals surface area contributed by atoms with Gasteiger partial charge in [0.25, 0.3) is 0 Å². The second-order valence-corrected chi connectivity index (χ2v) is 9.11. The van der Waals surface area contributed by atoms with E-state index in [0.29, 0.717) is 29.2 Å². The summed E-state index contributed by atoms with van der Waals surface area (Å²) >= 11 is 0. The van der Waals surface area contributed by atoms with Crippen molar-refractivity contribution < 1.29 is 26.3 Å². The van der Waals surface area contributed by atoms with Crippen molar-refractivity contribution in [1.82, 2.24) is 14.3 Å². The molecule has 0 spiro atoms. The number of hydrogen-bond donors (Lipinski definition) is 1. The number of hydrogen-bond acceptors (Lipinski definition) is 4. The average molecular weight is 456 g/mol. The third-order valence-electron chi connectivity index (χ3n) is 4.65. The molecule has 0 aliphatic heterocycles. The number of imidazole rings is 1. The zero-order chi connectivity index (χ0) is 23.0. The molecule has 168 valence electrons. The van der Waals surface area contributed by atoms with E-state index < -0.39 is 27.8 Å². The van der Waals surface area contributed by atoms with Crippen LogP contribution in [0.4, 0.5) is 13.2 Å². The van der Waals surface area contributed by atoms with E-state index in [0.717, 1.165) is 12.1 Å². The van der Waals surface area contributed by atoms with Gasteiger partial charge in [0.05, 0.1) is 33.6 Å². The Kier molecular flexibility index (Phi) is 6.33. The first kappa shape index (κ1) is 23.1. The number of ether oxygens (including phenoxy) is 1. The van der Waals surface area contributed by atoms with Gasteiger partial charge >= 0.3 is 6.18 Å². The number of fused-ring (bicyclic) bond motifs is 1. The number of aromatic nitrogens is 2. The Morgan fingerprint density at radius 1 is 1.10 bits per heavy atom. The first-order chi connectivity index (χ1) is 14.4. The van der Waals surface area contributed by atoms with E-state index in [4.69, 9.17) is 4.74 Å². The molecule has 1 heterocycles. The van der Waals surface area contributed by atoms with E-state index >= 15 is 0 Å². The van der Waals surface area contributed by atoms with Crippen molar-refractivity contribution in [1.29, 1.82) is 0 Å². The Hall–Kier alpha value is -2.59. The van der Waals surface area contributed by atoms with Gasteiger partial charge in [-0.3, -0.25) is 0 Å². The highest BCUT2D eigenvalue weighted by atomic mass is 32.2. The van der Waals surface area contributed by atoms with Crippen LogP contribution in [0, 0.1) is 0 Å². The Morgan fingerprint density at radius 2 is 1.74 bits per heavy atom. The first-order valence-electron chi connectivity index (χ1n) is 9.78. The van der Waals surface area contributed by atoms with Gasteiger partial charge in [-0.2, -0.15) is 13.2 Å². The first-order valence-corrected chi connectivity index (χ1v) is 11.3. The number of sulfonamides is 1. The minimum Gasteiger partial charge on any atom is -0.491 e. The second-order valence-electron chi connectivity index (χ2n) is 7.40. The minimum atomic E-state index is -4.48. The van der Waals surface area contributed by atoms with Crippen molar-refractivity contribution in [2.75, 3.05) is 0 Å². The number of aryl methyl sites for hydroxylation is 1. The lowest BCUT2D eigenvalue weighted by Gasteiger charge is -2.16. The fourth-order valence-corrected chi connectivity index (χ4v) is 4.50. The van der Waals surface area contributed by atoms with Crippen LogP contribution in [0.25, 0.3) is 11.0 Å². The summed E-state index contributed by atoms with van der Waals surface area (Å²) < 4.78 is 74.6. The standard InChI is InChI=1S/C21H24F3N3O3S/c1-5-27-19-12-15(21(22,23)24)6-11-18(19)25-20(27)14(4)26-31(28,29)17-9-7-16(8-10-17)30-13(2)3/h6-14,26H,5H2,1-4H3/t14-/m1/s1. The fraction of sp³-hybridized carbons (Fsp3) is 0.381. The zero-order valence-electron chi connectivity index (χ0n) is 17.6. The quantitative estimate of drug-likeness (QED) is 0.550. The van der Waals surface area contributed by atoms with Crippen LogP contribution in [0.5, 0.6) is 5.75 Å². The molecule has 1 atom stereocenters. The van der Waals surface area contributed by atoms with E-state index in [-0.39, 0.29) is 11.0 Å². The molecule has 3 aromatic rings. The lowest BCUT2D eigenvalue weighted by molar-refractivity contribution is -0.137. The Bertz CT molecular complexity index is 1170. The number of benzene rings is 2. The number of rotatable bonds is 7. The third-order valence-corrected chi connectivity index (χ3v) is 6.20. The van der Waals surface area contributed by atoms with Crippen molar-refractivity contribution in [3.63, 3.8) is 0 Å². The molecular weight excluding hydrogens is 431 g/mol. The Morgan fingerprint density at radius 3 is 2.29 bits per heavy atom. The summed E-state index contributed by atoms with van der Waals surface area (Å²) in [5.41, 5.74) is -0.113. The van der Waals surface area contributed by atoms with E-state index in [1.165, 1.54) is 18.2 Å². The molecule has 1 N–H and O–H groups in total. The van der Waals surface area contributed by atoms with Crippen molar-refractivity contribution in [2.24, 2.45) is 0 Å². The predicted octanol–water partition coefficient (Wildman–Crippen LogP) is 4.90. The van der Waals surface area contributed by atoms with Gasteiger partial charge < -0.3 is 9.30 Å². The number of nitrogens with one attached hydrogen (secondary N) is 1. The fourth-order valence-electron chi connectivity index (χ4n) is 3.30. The summed E-state index contributed by atoms with van der Waals surface area (Å²) in [6.07, 6.45) is -4.52. The second kappa shape index (κ2) is 8.51. The van der Waals surface area contributed by atoms with Crippen LogP contribution in [0.3, 0.4) is 0 Å². The van der Waals surface area contributed by atoms with Crippen molar-refractivity contribution >= 4 is 21.1 Å². The lowest BCUT2D eigenvalue weighted by atomic mass is 10.2. The molecule has 10 heteroatoms. The van der Waals surface area contributed by atoms with Gasteiger partial charge in [-0.05, 0) is 70.2 Å². The summed E-state index contributed by atoms with van der Waals surface area (Å²) in [5.74, 6) is 0.885. The number of halogens is 3. The summed E-state index contributed by atoms with van der Waals surface area (Å²) in [5, 5.41) is 0. The molecule has 2 aromatic carbocycles. The van der Waals surface area contributed by atoms with Gasteiger partial charge in [-0.1, -0.05) is 0 Å². The minimum absolute atomic E-state index is 0.0412. The van der Waals surface area contributed by atoms with Crippen molar-refractivity contribution in [2.45, 2.75) is 57.5 Å². The van der Waals surface area contributed by atoms with E-state index in [1.807, 2.05) is 13.8 Å². The van der Waals surface area contributed by atoms with Crippen LogP contribution >= 0.6 is 0 Å². The molecule has 0 radical (unpaired) electrons. The molecule has 6 nitrogen and oxygen atoms in total. The molecule has 0 aliphatic rings. The van der Waals surface area contributed by atoms with Crippen molar-refractivity contribution in [3.05, 3.63) is 53.9 Å². The zero-order valence-corrected chi connectivity index (χ0v) is 18.4. The highest BCUT2D eigenvalue weighted by Gasteiger charge is 2.31. The van der Waals surface area contributed by atoms with E-state index in [1.54, 1.807) is 30.5 Å². The molecular formula is C21H24F3N3O3S. The largest absolute Gasteiger partial charge is 0.491 e. The Balaban J connectivity index is 1.90. The van der Waals surface area contributed by atoms with Crippen LogP contribution in [0.1, 0.15) is 45.1 Å². The van der Waals surface area contributed by atoms with Crippen LogP contribution in [-0.2, 0) is 22.7 Å². The van der Waals surface area contributed by atoms with Crippen LogP contribution < -0.4 is 9.46 Å². The molecule has 0 saturated heterocycles. The van der Waals surface area contributed by atoms with Crippen molar-refractivity contribution in [3.8, 4) is 5.75 Å². The normalized spacial score (nSPS) is 13.7. The van der Waals surface area contributed by atoms with Gasteiger partial charge in [-0.15, -0.1) is 0 Å². The molecule has 0 aliphatic carbocycles. The van der Waals surface area contributed by atoms with Gasteiger partial charge in [0.2, 0.25) is 10.0 Å². The summed E-state index contributed by atoms with van der Waals surface area (Å²) in [7, 11) is -3.89. The lowest BCUT2D eigenvalue weighted by Crippen LogP contribution is -2.28. The summed E-state index contributed by atoms with van der Waals surface area (Å²) in [4.78, 5) is 4.43. The molecule has 0 saturated carbocycles. The monoisotopic (exact) mass is 455 g/mol. The molecule has 0 fully saturated rings. The maximum Gasteiger partial charge on any atom is 0.416 e. The highest BCUT2D eigenvalue weighted by molar-refractivity contribution is 7.89. The summed E-state index contributed by atoms with van der Waals surface area (Å²) in [6, 6.07) is 8.54. The molecule has 0 amide bonds. The average Bonchev–Trinajstić information content (AvgIpc) is 3.05. The molecule has 0 unspecified atom stereocenters. The van der Waals surface area contributed by atoms with E-state index in [2.05, 4.69) is 9.71 Å².